The third-order valence-corrected chi connectivity index (χ3v) is 6.21. The number of benzene rings is 1. The average Bonchev–Trinajstić information content (AvgIpc) is 2.66. The molecule has 1 fully saturated rings. The van der Waals surface area contributed by atoms with Gasteiger partial charge in [-0.15, -0.1) is 0 Å². The fraction of sp³-hybridized carbons (Fsp3) is 0.739. The molecule has 1 aromatic carbocycles. The van der Waals surface area contributed by atoms with Crippen molar-refractivity contribution >= 4 is 0 Å². The maximum Gasteiger partial charge on any atom is 0.125 e. The predicted molar refractivity (Wildman–Crippen MR) is 110 cm³/mol. The summed E-state index contributed by atoms with van der Waals surface area (Å²) in [4.78, 5) is 0. The minimum absolute atomic E-state index is 0.0569. The Balaban J connectivity index is 2.41. The summed E-state index contributed by atoms with van der Waals surface area (Å²) in [6.45, 7) is 6.70. The van der Waals surface area contributed by atoms with Crippen LogP contribution in [0.5, 0.6) is 11.5 Å². The summed E-state index contributed by atoms with van der Waals surface area (Å²) in [7, 11) is 3.30. The zero-order valence-corrected chi connectivity index (χ0v) is 17.8. The molecule has 2 atom stereocenters. The van der Waals surface area contributed by atoms with E-state index in [1.807, 2.05) is 12.1 Å². The number of hydrogen-bond acceptors (Lipinski definition) is 4. The van der Waals surface area contributed by atoms with E-state index in [9.17, 15) is 10.2 Å². The maximum absolute atomic E-state index is 11.3. The predicted octanol–water partition coefficient (Wildman–Crippen LogP) is 5.07. The van der Waals surface area contributed by atoms with Crippen molar-refractivity contribution < 1.29 is 19.7 Å². The molecule has 0 amide bonds. The second kappa shape index (κ2) is 9.29. The van der Waals surface area contributed by atoms with E-state index in [1.165, 1.54) is 25.7 Å². The second-order valence-corrected chi connectivity index (χ2v) is 8.63. The van der Waals surface area contributed by atoms with Gasteiger partial charge in [0.15, 0.2) is 0 Å². The van der Waals surface area contributed by atoms with E-state index in [0.29, 0.717) is 24.2 Å². The SMILES string of the molecule is CCCCCCC(C)(C)c1cc(OC)c(C2(O)CCCCC2O)cc1OC. The fourth-order valence-corrected chi connectivity index (χ4v) is 4.35. The minimum Gasteiger partial charge on any atom is -0.496 e. The zero-order chi connectivity index (χ0) is 20.1. The summed E-state index contributed by atoms with van der Waals surface area (Å²) >= 11 is 0. The van der Waals surface area contributed by atoms with Gasteiger partial charge < -0.3 is 19.7 Å². The quantitative estimate of drug-likeness (QED) is 0.589. The number of methoxy groups -OCH3 is 2. The van der Waals surface area contributed by atoms with E-state index in [1.54, 1.807) is 14.2 Å². The van der Waals surface area contributed by atoms with Gasteiger partial charge in [-0.25, -0.2) is 0 Å². The molecule has 0 aromatic heterocycles. The van der Waals surface area contributed by atoms with E-state index in [0.717, 1.165) is 30.6 Å². The first-order valence-electron chi connectivity index (χ1n) is 10.5. The number of aliphatic hydroxyl groups is 2. The Morgan fingerprint density at radius 2 is 1.78 bits per heavy atom. The van der Waals surface area contributed by atoms with Gasteiger partial charge in [-0.2, -0.15) is 0 Å². The molecule has 0 saturated heterocycles. The molecule has 2 unspecified atom stereocenters. The Morgan fingerprint density at radius 1 is 1.07 bits per heavy atom. The summed E-state index contributed by atoms with van der Waals surface area (Å²) < 4.78 is 11.4. The molecule has 1 saturated carbocycles. The van der Waals surface area contributed by atoms with E-state index in [2.05, 4.69) is 20.8 Å². The number of unbranched alkanes of at least 4 members (excludes halogenated alkanes) is 3. The maximum atomic E-state index is 11.3. The Morgan fingerprint density at radius 3 is 2.37 bits per heavy atom. The smallest absolute Gasteiger partial charge is 0.125 e. The van der Waals surface area contributed by atoms with Crippen LogP contribution in [0.2, 0.25) is 0 Å². The molecular weight excluding hydrogens is 340 g/mol. The van der Waals surface area contributed by atoms with Crippen LogP contribution in [-0.2, 0) is 11.0 Å². The van der Waals surface area contributed by atoms with Crippen LogP contribution < -0.4 is 9.47 Å². The highest BCUT2D eigenvalue weighted by molar-refractivity contribution is 5.52. The van der Waals surface area contributed by atoms with Crippen molar-refractivity contribution in [2.45, 2.75) is 95.7 Å². The van der Waals surface area contributed by atoms with E-state index in [-0.39, 0.29) is 5.41 Å². The molecule has 4 heteroatoms. The normalized spacial score (nSPS) is 23.3. The van der Waals surface area contributed by atoms with Gasteiger partial charge in [-0.1, -0.05) is 59.3 Å². The van der Waals surface area contributed by atoms with Crippen molar-refractivity contribution in [3.05, 3.63) is 23.3 Å². The van der Waals surface area contributed by atoms with Crippen LogP contribution in [0, 0.1) is 0 Å². The minimum atomic E-state index is -1.28. The lowest BCUT2D eigenvalue weighted by atomic mass is 9.74. The van der Waals surface area contributed by atoms with Crippen molar-refractivity contribution in [3.63, 3.8) is 0 Å². The highest BCUT2D eigenvalue weighted by Crippen LogP contribution is 2.46. The molecule has 4 nitrogen and oxygen atoms in total. The summed E-state index contributed by atoms with van der Waals surface area (Å²) in [5.74, 6) is 1.40. The molecule has 2 rings (SSSR count). The topological polar surface area (TPSA) is 58.9 Å². The molecule has 0 heterocycles. The van der Waals surface area contributed by atoms with E-state index < -0.39 is 11.7 Å². The van der Waals surface area contributed by atoms with Gasteiger partial charge in [-0.3, -0.25) is 0 Å². The standard InChI is InChI=1S/C23H38O4/c1-6-7-8-10-13-22(2,3)17-15-20(27-5)18(16-19(17)26-4)23(25)14-11-9-12-21(23)24/h15-16,21,24-25H,6-14H2,1-5H3. The first-order chi connectivity index (χ1) is 12.8. The Labute approximate surface area is 164 Å². The van der Waals surface area contributed by atoms with Crippen molar-refractivity contribution in [1.29, 1.82) is 0 Å². The molecule has 2 N–H and O–H groups in total. The molecule has 1 aliphatic rings. The highest BCUT2D eigenvalue weighted by Gasteiger charge is 2.42. The molecule has 154 valence electrons. The molecule has 1 aromatic rings. The largest absolute Gasteiger partial charge is 0.496 e. The van der Waals surface area contributed by atoms with Gasteiger partial charge in [-0.05, 0) is 36.8 Å². The van der Waals surface area contributed by atoms with Crippen LogP contribution in [-0.4, -0.2) is 30.5 Å². The van der Waals surface area contributed by atoms with Crippen molar-refractivity contribution in [2.24, 2.45) is 0 Å². The summed E-state index contributed by atoms with van der Waals surface area (Å²) in [5.41, 5.74) is 0.398. The van der Waals surface area contributed by atoms with Gasteiger partial charge in [0.25, 0.3) is 0 Å². The second-order valence-electron chi connectivity index (χ2n) is 8.63. The first-order valence-corrected chi connectivity index (χ1v) is 10.5. The molecule has 1 aliphatic carbocycles. The molecule has 0 bridgehead atoms. The van der Waals surface area contributed by atoms with Gasteiger partial charge in [0.05, 0.1) is 20.3 Å². The van der Waals surface area contributed by atoms with Crippen LogP contribution in [0.1, 0.15) is 89.7 Å². The summed E-state index contributed by atoms with van der Waals surface area (Å²) in [6, 6.07) is 3.89. The molecule has 27 heavy (non-hydrogen) atoms. The Bertz CT molecular complexity index is 611. The third kappa shape index (κ3) is 4.78. The van der Waals surface area contributed by atoms with Crippen LogP contribution in [0.4, 0.5) is 0 Å². The lowest BCUT2D eigenvalue weighted by Gasteiger charge is -2.39. The number of aliphatic hydroxyl groups excluding tert-OH is 1. The van der Waals surface area contributed by atoms with E-state index >= 15 is 0 Å². The van der Waals surface area contributed by atoms with Crippen LogP contribution in [0.15, 0.2) is 12.1 Å². The van der Waals surface area contributed by atoms with Gasteiger partial charge >= 0.3 is 0 Å². The van der Waals surface area contributed by atoms with Crippen molar-refractivity contribution in [3.8, 4) is 11.5 Å². The molecule has 0 radical (unpaired) electrons. The van der Waals surface area contributed by atoms with Gasteiger partial charge in [0.1, 0.15) is 17.1 Å². The lowest BCUT2D eigenvalue weighted by molar-refractivity contribution is -0.107. The van der Waals surface area contributed by atoms with E-state index in [4.69, 9.17) is 9.47 Å². The lowest BCUT2D eigenvalue weighted by Crippen LogP contribution is -2.42. The van der Waals surface area contributed by atoms with Gasteiger partial charge in [0.2, 0.25) is 0 Å². The highest BCUT2D eigenvalue weighted by atomic mass is 16.5. The van der Waals surface area contributed by atoms with Gasteiger partial charge in [0, 0.05) is 11.1 Å². The fourth-order valence-electron chi connectivity index (χ4n) is 4.35. The van der Waals surface area contributed by atoms with Crippen LogP contribution in [0.25, 0.3) is 0 Å². The Kier molecular flexibility index (Phi) is 7.58. The molecule has 0 aliphatic heterocycles. The monoisotopic (exact) mass is 378 g/mol. The van der Waals surface area contributed by atoms with Crippen LogP contribution >= 0.6 is 0 Å². The van der Waals surface area contributed by atoms with Crippen LogP contribution in [0.3, 0.4) is 0 Å². The first kappa shape index (κ1) is 22.0. The zero-order valence-electron chi connectivity index (χ0n) is 17.8. The number of hydrogen-bond donors (Lipinski definition) is 2. The number of ether oxygens (including phenoxy) is 2. The Hall–Kier alpha value is -1.26. The third-order valence-electron chi connectivity index (χ3n) is 6.21. The average molecular weight is 379 g/mol. The van der Waals surface area contributed by atoms with Crippen molar-refractivity contribution in [2.75, 3.05) is 14.2 Å². The number of rotatable bonds is 9. The molecule has 0 spiro atoms. The summed E-state index contributed by atoms with van der Waals surface area (Å²) in [6.07, 6.45) is 8.17. The summed E-state index contributed by atoms with van der Waals surface area (Å²) in [5, 5.41) is 21.8. The molecular formula is C23H38O4. The van der Waals surface area contributed by atoms with Crippen molar-refractivity contribution in [1.82, 2.24) is 0 Å².